The molecule has 0 radical (unpaired) electrons. The van der Waals surface area contributed by atoms with Crippen LogP contribution in [0.15, 0.2) is 12.1 Å². The SMILES string of the molecule is COc1cc(N)c(CCNC(=O)C(F)(F)F)cc1Cl. The van der Waals surface area contributed by atoms with Gasteiger partial charge in [-0.1, -0.05) is 11.6 Å². The van der Waals surface area contributed by atoms with Gasteiger partial charge in [0.2, 0.25) is 0 Å². The monoisotopic (exact) mass is 296 g/mol. The molecule has 4 nitrogen and oxygen atoms in total. The number of ether oxygens (including phenoxy) is 1. The molecule has 19 heavy (non-hydrogen) atoms. The molecule has 0 fully saturated rings. The summed E-state index contributed by atoms with van der Waals surface area (Å²) in [7, 11) is 1.42. The maximum atomic E-state index is 11.9. The zero-order valence-electron chi connectivity index (χ0n) is 9.97. The highest BCUT2D eigenvalue weighted by Crippen LogP contribution is 2.29. The van der Waals surface area contributed by atoms with Crippen LogP contribution >= 0.6 is 11.6 Å². The summed E-state index contributed by atoms with van der Waals surface area (Å²) >= 11 is 5.87. The summed E-state index contributed by atoms with van der Waals surface area (Å²) in [5.74, 6) is -1.60. The summed E-state index contributed by atoms with van der Waals surface area (Å²) in [5.41, 5.74) is 6.57. The summed E-state index contributed by atoms with van der Waals surface area (Å²) in [4.78, 5) is 10.6. The number of carbonyl (C=O) groups is 1. The molecule has 1 aromatic rings. The molecule has 0 unspecified atom stereocenters. The van der Waals surface area contributed by atoms with Crippen LogP contribution in [0.3, 0.4) is 0 Å². The summed E-state index contributed by atoms with van der Waals surface area (Å²) in [5, 5.41) is 2.05. The van der Waals surface area contributed by atoms with E-state index in [4.69, 9.17) is 22.1 Å². The molecule has 0 aliphatic rings. The number of hydrogen-bond acceptors (Lipinski definition) is 3. The minimum atomic E-state index is -4.89. The second kappa shape index (κ2) is 6.01. The number of halogens is 4. The molecule has 1 rings (SSSR count). The predicted molar refractivity (Wildman–Crippen MR) is 65.2 cm³/mol. The molecule has 1 amide bonds. The van der Waals surface area contributed by atoms with Gasteiger partial charge in [-0.2, -0.15) is 13.2 Å². The van der Waals surface area contributed by atoms with Crippen molar-refractivity contribution in [2.75, 3.05) is 19.4 Å². The van der Waals surface area contributed by atoms with Gasteiger partial charge in [-0.15, -0.1) is 0 Å². The highest BCUT2D eigenvalue weighted by Gasteiger charge is 2.38. The number of hydrogen-bond donors (Lipinski definition) is 2. The lowest BCUT2D eigenvalue weighted by atomic mass is 10.1. The molecule has 0 spiro atoms. The van der Waals surface area contributed by atoms with E-state index in [0.717, 1.165) is 0 Å². The molecule has 0 bridgehead atoms. The number of rotatable bonds is 4. The summed E-state index contributed by atoms with van der Waals surface area (Å²) in [6.07, 6.45) is -4.75. The van der Waals surface area contributed by atoms with Crippen LogP contribution in [-0.4, -0.2) is 25.7 Å². The molecule has 0 saturated carbocycles. The molecule has 0 saturated heterocycles. The zero-order chi connectivity index (χ0) is 14.6. The number of nitrogens with two attached hydrogens (primary N) is 1. The number of methoxy groups -OCH3 is 1. The fourth-order valence-electron chi connectivity index (χ4n) is 1.39. The number of anilines is 1. The average molecular weight is 297 g/mol. The Morgan fingerprint density at radius 2 is 2.11 bits per heavy atom. The third-order valence-corrected chi connectivity index (χ3v) is 2.65. The van der Waals surface area contributed by atoms with Crippen molar-refractivity contribution in [2.24, 2.45) is 0 Å². The first-order chi connectivity index (χ1) is 8.75. The minimum Gasteiger partial charge on any atom is -0.495 e. The van der Waals surface area contributed by atoms with Crippen LogP contribution in [0.4, 0.5) is 18.9 Å². The van der Waals surface area contributed by atoms with Gasteiger partial charge in [0.1, 0.15) is 5.75 Å². The summed E-state index contributed by atoms with van der Waals surface area (Å²) in [6.45, 7) is -0.189. The Morgan fingerprint density at radius 1 is 1.47 bits per heavy atom. The van der Waals surface area contributed by atoms with Crippen LogP contribution in [0.1, 0.15) is 5.56 Å². The Balaban J connectivity index is 2.64. The largest absolute Gasteiger partial charge is 0.495 e. The summed E-state index contributed by atoms with van der Waals surface area (Å²) in [6, 6.07) is 2.97. The van der Waals surface area contributed by atoms with Crippen LogP contribution in [0, 0.1) is 0 Å². The molecule has 3 N–H and O–H groups in total. The number of amides is 1. The number of carbonyl (C=O) groups excluding carboxylic acids is 1. The molecule has 1 aromatic carbocycles. The average Bonchev–Trinajstić information content (AvgIpc) is 2.31. The molecule has 106 valence electrons. The molecular weight excluding hydrogens is 285 g/mol. The van der Waals surface area contributed by atoms with Gasteiger partial charge >= 0.3 is 12.1 Å². The van der Waals surface area contributed by atoms with Crippen molar-refractivity contribution in [3.63, 3.8) is 0 Å². The lowest BCUT2D eigenvalue weighted by molar-refractivity contribution is -0.173. The maximum Gasteiger partial charge on any atom is 0.471 e. The van der Waals surface area contributed by atoms with Crippen LogP contribution in [0.5, 0.6) is 5.75 Å². The fourth-order valence-corrected chi connectivity index (χ4v) is 1.66. The highest BCUT2D eigenvalue weighted by molar-refractivity contribution is 6.32. The smallest absolute Gasteiger partial charge is 0.471 e. The van der Waals surface area contributed by atoms with Crippen molar-refractivity contribution >= 4 is 23.2 Å². The number of benzene rings is 1. The van der Waals surface area contributed by atoms with Crippen molar-refractivity contribution in [1.82, 2.24) is 5.32 Å². The van der Waals surface area contributed by atoms with Crippen LogP contribution in [-0.2, 0) is 11.2 Å². The van der Waals surface area contributed by atoms with E-state index < -0.39 is 12.1 Å². The van der Waals surface area contributed by atoms with Crippen LogP contribution in [0.2, 0.25) is 5.02 Å². The van der Waals surface area contributed by atoms with Gasteiger partial charge in [-0.05, 0) is 18.1 Å². The van der Waals surface area contributed by atoms with Gasteiger partial charge in [0.15, 0.2) is 0 Å². The minimum absolute atomic E-state index is 0.136. The molecule has 0 atom stereocenters. The van der Waals surface area contributed by atoms with Gasteiger partial charge in [-0.25, -0.2) is 0 Å². The number of nitrogen functional groups attached to an aromatic ring is 1. The molecule has 0 aliphatic heterocycles. The van der Waals surface area contributed by atoms with Crippen molar-refractivity contribution < 1.29 is 22.7 Å². The van der Waals surface area contributed by atoms with Crippen molar-refractivity contribution in [1.29, 1.82) is 0 Å². The first kappa shape index (κ1) is 15.4. The van der Waals surface area contributed by atoms with Crippen molar-refractivity contribution in [2.45, 2.75) is 12.6 Å². The molecular formula is C11H12ClF3N2O2. The molecule has 0 aliphatic carbocycles. The fraction of sp³-hybridized carbons (Fsp3) is 0.364. The first-order valence-corrected chi connectivity index (χ1v) is 5.60. The molecule has 0 heterocycles. The lowest BCUT2D eigenvalue weighted by Crippen LogP contribution is -2.37. The number of alkyl halides is 3. The van der Waals surface area contributed by atoms with E-state index in [-0.39, 0.29) is 13.0 Å². The van der Waals surface area contributed by atoms with E-state index in [2.05, 4.69) is 0 Å². The van der Waals surface area contributed by atoms with E-state index in [0.29, 0.717) is 22.0 Å². The van der Waals surface area contributed by atoms with Crippen LogP contribution < -0.4 is 15.8 Å². The van der Waals surface area contributed by atoms with Gasteiger partial charge in [0.05, 0.1) is 12.1 Å². The Hall–Kier alpha value is -1.63. The van der Waals surface area contributed by atoms with Crippen molar-refractivity contribution in [3.05, 3.63) is 22.7 Å². The van der Waals surface area contributed by atoms with E-state index in [1.165, 1.54) is 19.2 Å². The Kier molecular flexibility index (Phi) is 4.88. The second-order valence-corrected chi connectivity index (χ2v) is 4.10. The quantitative estimate of drug-likeness (QED) is 0.837. The molecule has 8 heteroatoms. The van der Waals surface area contributed by atoms with Gasteiger partial charge < -0.3 is 15.8 Å². The van der Waals surface area contributed by atoms with E-state index in [1.807, 2.05) is 0 Å². The normalized spacial score (nSPS) is 11.2. The van der Waals surface area contributed by atoms with Gasteiger partial charge in [0.25, 0.3) is 0 Å². The molecule has 0 aromatic heterocycles. The predicted octanol–water partition coefficient (Wildman–Crippen LogP) is 2.15. The third kappa shape index (κ3) is 4.20. The van der Waals surface area contributed by atoms with E-state index in [1.54, 1.807) is 5.32 Å². The Morgan fingerprint density at radius 3 is 2.63 bits per heavy atom. The lowest BCUT2D eigenvalue weighted by Gasteiger charge is -2.11. The zero-order valence-corrected chi connectivity index (χ0v) is 10.7. The van der Waals surface area contributed by atoms with Crippen LogP contribution in [0.25, 0.3) is 0 Å². The maximum absolute atomic E-state index is 11.9. The van der Waals surface area contributed by atoms with E-state index in [9.17, 15) is 18.0 Å². The van der Waals surface area contributed by atoms with Gasteiger partial charge in [0, 0.05) is 18.3 Å². The van der Waals surface area contributed by atoms with E-state index >= 15 is 0 Å². The van der Waals surface area contributed by atoms with Gasteiger partial charge in [-0.3, -0.25) is 4.79 Å². The Labute approximate surface area is 112 Å². The Bertz CT molecular complexity index is 478. The first-order valence-electron chi connectivity index (χ1n) is 5.22. The third-order valence-electron chi connectivity index (χ3n) is 2.35. The topological polar surface area (TPSA) is 64.3 Å². The second-order valence-electron chi connectivity index (χ2n) is 3.69. The number of nitrogens with one attached hydrogen (secondary N) is 1. The summed E-state index contributed by atoms with van der Waals surface area (Å²) < 4.78 is 40.8. The highest BCUT2D eigenvalue weighted by atomic mass is 35.5. The standard InChI is InChI=1S/C11H12ClF3N2O2/c1-19-9-5-8(16)6(4-7(9)12)2-3-17-10(18)11(13,14)15/h4-5H,2-3,16H2,1H3,(H,17,18). The van der Waals surface area contributed by atoms with Crippen molar-refractivity contribution in [3.8, 4) is 5.75 Å².